The lowest BCUT2D eigenvalue weighted by Gasteiger charge is -2.06. The van der Waals surface area contributed by atoms with Gasteiger partial charge in [0, 0.05) is 23.7 Å². The van der Waals surface area contributed by atoms with E-state index < -0.39 is 0 Å². The lowest BCUT2D eigenvalue weighted by molar-refractivity contribution is 0.393. The van der Waals surface area contributed by atoms with E-state index in [9.17, 15) is 4.79 Å². The minimum atomic E-state index is 0.0724. The highest BCUT2D eigenvalue weighted by Gasteiger charge is 2.22. The van der Waals surface area contributed by atoms with Gasteiger partial charge in [0.15, 0.2) is 5.16 Å². The molecule has 1 aliphatic carbocycles. The third kappa shape index (κ3) is 2.19. The number of aromatic nitrogens is 3. The maximum absolute atomic E-state index is 12.7. The summed E-state index contributed by atoms with van der Waals surface area (Å²) in [5.74, 6) is 1.44. The van der Waals surface area contributed by atoms with E-state index in [4.69, 9.17) is 9.51 Å². The van der Waals surface area contributed by atoms with E-state index in [2.05, 4.69) is 5.16 Å². The van der Waals surface area contributed by atoms with Crippen molar-refractivity contribution < 1.29 is 4.52 Å². The van der Waals surface area contributed by atoms with E-state index in [1.165, 1.54) is 22.2 Å². The summed E-state index contributed by atoms with van der Waals surface area (Å²) in [5.41, 5.74) is 2.17. The number of hydrogen-bond acceptors (Lipinski definition) is 6. The van der Waals surface area contributed by atoms with Gasteiger partial charge >= 0.3 is 0 Å². The molecule has 0 radical (unpaired) electrons. The van der Waals surface area contributed by atoms with Gasteiger partial charge in [0.2, 0.25) is 0 Å². The number of hydrogen-bond donors (Lipinski definition) is 0. The van der Waals surface area contributed by atoms with Crippen LogP contribution in [0.25, 0.3) is 10.2 Å². The van der Waals surface area contributed by atoms with Crippen LogP contribution in [0.3, 0.4) is 0 Å². The van der Waals surface area contributed by atoms with Crippen LogP contribution in [0.2, 0.25) is 0 Å². The summed E-state index contributed by atoms with van der Waals surface area (Å²) in [6.45, 7) is 1.87. The molecule has 1 aliphatic rings. The molecule has 0 N–H and O–H groups in total. The Bertz CT molecular complexity index is 923. The fraction of sp³-hybridized carbons (Fsp3) is 0.400. The Labute approximate surface area is 135 Å². The van der Waals surface area contributed by atoms with Crippen LogP contribution >= 0.6 is 23.1 Å². The topological polar surface area (TPSA) is 60.9 Å². The van der Waals surface area contributed by atoms with Gasteiger partial charge in [0.25, 0.3) is 5.56 Å². The van der Waals surface area contributed by atoms with Crippen LogP contribution in [0, 0.1) is 6.92 Å². The molecule has 3 heterocycles. The predicted octanol–water partition coefficient (Wildman–Crippen LogP) is 3.07. The van der Waals surface area contributed by atoms with Crippen molar-refractivity contribution in [2.75, 3.05) is 0 Å². The van der Waals surface area contributed by atoms with Crippen molar-refractivity contribution in [3.05, 3.63) is 38.3 Å². The maximum Gasteiger partial charge on any atom is 0.262 e. The molecular weight excluding hydrogens is 318 g/mol. The molecule has 3 aromatic rings. The third-order valence-corrected chi connectivity index (χ3v) is 6.18. The second-order valence-electron chi connectivity index (χ2n) is 5.51. The van der Waals surface area contributed by atoms with Crippen molar-refractivity contribution in [3.8, 4) is 0 Å². The molecule has 3 aromatic heterocycles. The highest BCUT2D eigenvalue weighted by Crippen LogP contribution is 2.35. The number of aryl methyl sites for hydroxylation is 3. The molecule has 0 fully saturated rings. The molecule has 0 bridgehead atoms. The van der Waals surface area contributed by atoms with Crippen LogP contribution in [0.1, 0.15) is 28.3 Å². The Kier molecular flexibility index (Phi) is 3.34. The molecule has 0 atom stereocenters. The molecule has 0 spiro atoms. The second kappa shape index (κ2) is 5.24. The van der Waals surface area contributed by atoms with Crippen LogP contribution in [0.5, 0.6) is 0 Å². The van der Waals surface area contributed by atoms with Crippen molar-refractivity contribution >= 4 is 33.3 Å². The second-order valence-corrected chi connectivity index (χ2v) is 7.54. The summed E-state index contributed by atoms with van der Waals surface area (Å²) in [6, 6.07) is 1.91. The van der Waals surface area contributed by atoms with Gasteiger partial charge in [-0.2, -0.15) is 0 Å². The fourth-order valence-electron chi connectivity index (χ4n) is 2.86. The molecule has 114 valence electrons. The number of rotatable bonds is 3. The average Bonchev–Trinajstić information content (AvgIpc) is 3.16. The summed E-state index contributed by atoms with van der Waals surface area (Å²) in [4.78, 5) is 19.6. The zero-order chi connectivity index (χ0) is 15.3. The Balaban J connectivity index is 1.72. The first-order valence-electron chi connectivity index (χ1n) is 7.20. The van der Waals surface area contributed by atoms with E-state index in [1.54, 1.807) is 23.0 Å². The van der Waals surface area contributed by atoms with E-state index >= 15 is 0 Å². The first kappa shape index (κ1) is 14.0. The van der Waals surface area contributed by atoms with Crippen molar-refractivity contribution in [1.29, 1.82) is 0 Å². The summed E-state index contributed by atoms with van der Waals surface area (Å²) < 4.78 is 6.73. The zero-order valence-electron chi connectivity index (χ0n) is 12.4. The summed E-state index contributed by atoms with van der Waals surface area (Å²) in [7, 11) is 1.80. The summed E-state index contributed by atoms with van der Waals surface area (Å²) in [5, 5.41) is 5.55. The molecule has 0 aliphatic heterocycles. The normalized spacial score (nSPS) is 13.9. The lowest BCUT2D eigenvalue weighted by atomic mass is 10.2. The quantitative estimate of drug-likeness (QED) is 0.544. The highest BCUT2D eigenvalue weighted by molar-refractivity contribution is 7.98. The van der Waals surface area contributed by atoms with Gasteiger partial charge in [-0.15, -0.1) is 11.3 Å². The highest BCUT2D eigenvalue weighted by atomic mass is 32.2. The molecule has 7 heteroatoms. The number of thioether (sulfide) groups is 1. The maximum atomic E-state index is 12.7. The van der Waals surface area contributed by atoms with E-state index in [1.807, 2.05) is 13.0 Å². The van der Waals surface area contributed by atoms with Gasteiger partial charge in [-0.3, -0.25) is 9.36 Å². The van der Waals surface area contributed by atoms with Crippen molar-refractivity contribution in [1.82, 2.24) is 14.7 Å². The third-order valence-electron chi connectivity index (χ3n) is 3.93. The van der Waals surface area contributed by atoms with Crippen LogP contribution < -0.4 is 5.56 Å². The van der Waals surface area contributed by atoms with Gasteiger partial charge in [-0.25, -0.2) is 4.98 Å². The molecule has 0 saturated carbocycles. The van der Waals surface area contributed by atoms with Crippen molar-refractivity contribution in [2.24, 2.45) is 7.05 Å². The van der Waals surface area contributed by atoms with Gasteiger partial charge in [-0.05, 0) is 31.7 Å². The van der Waals surface area contributed by atoms with Crippen LogP contribution in [-0.4, -0.2) is 14.7 Å². The van der Waals surface area contributed by atoms with Crippen LogP contribution in [-0.2, 0) is 25.6 Å². The van der Waals surface area contributed by atoms with Crippen LogP contribution in [0.4, 0.5) is 0 Å². The Morgan fingerprint density at radius 2 is 2.32 bits per heavy atom. The minimum absolute atomic E-state index is 0.0724. The Morgan fingerprint density at radius 3 is 3.09 bits per heavy atom. The smallest absolute Gasteiger partial charge is 0.262 e. The molecule has 0 saturated heterocycles. The van der Waals surface area contributed by atoms with Gasteiger partial charge in [0.1, 0.15) is 10.6 Å². The minimum Gasteiger partial charge on any atom is -0.361 e. The van der Waals surface area contributed by atoms with Gasteiger partial charge in [-0.1, -0.05) is 16.9 Å². The van der Waals surface area contributed by atoms with E-state index in [0.29, 0.717) is 5.75 Å². The van der Waals surface area contributed by atoms with E-state index in [-0.39, 0.29) is 5.56 Å². The molecular formula is C15H15N3O2S2. The largest absolute Gasteiger partial charge is 0.361 e. The Hall–Kier alpha value is -1.60. The average molecular weight is 333 g/mol. The first-order chi connectivity index (χ1) is 10.6. The van der Waals surface area contributed by atoms with Crippen molar-refractivity contribution in [3.63, 3.8) is 0 Å². The van der Waals surface area contributed by atoms with E-state index in [0.717, 1.165) is 46.1 Å². The van der Waals surface area contributed by atoms with Gasteiger partial charge in [0.05, 0.1) is 11.1 Å². The zero-order valence-corrected chi connectivity index (χ0v) is 14.0. The van der Waals surface area contributed by atoms with Gasteiger partial charge < -0.3 is 4.52 Å². The van der Waals surface area contributed by atoms with Crippen LogP contribution in [0.15, 0.2) is 20.5 Å². The predicted molar refractivity (Wildman–Crippen MR) is 87.7 cm³/mol. The fourth-order valence-corrected chi connectivity index (χ4v) is 5.01. The molecule has 22 heavy (non-hydrogen) atoms. The SMILES string of the molecule is Cc1cc(CSc2nc3sc4c(c3c(=O)n2C)CCC4)no1. The number of nitrogens with zero attached hydrogens (tertiary/aromatic N) is 3. The molecule has 0 aromatic carbocycles. The number of fused-ring (bicyclic) bond motifs is 3. The lowest BCUT2D eigenvalue weighted by Crippen LogP contribution is -2.20. The Morgan fingerprint density at radius 1 is 1.45 bits per heavy atom. The molecule has 4 rings (SSSR count). The number of thiophene rings is 1. The monoisotopic (exact) mass is 333 g/mol. The van der Waals surface area contributed by atoms with Crippen molar-refractivity contribution in [2.45, 2.75) is 37.1 Å². The molecule has 5 nitrogen and oxygen atoms in total. The first-order valence-corrected chi connectivity index (χ1v) is 9.00. The summed E-state index contributed by atoms with van der Waals surface area (Å²) in [6.07, 6.45) is 3.25. The molecule has 0 unspecified atom stereocenters. The summed E-state index contributed by atoms with van der Waals surface area (Å²) >= 11 is 3.20. The molecule has 0 amide bonds. The standard InChI is InChI=1S/C15H15N3O2S2/c1-8-6-9(17-20-8)7-21-15-16-13-12(14(19)18(15)2)10-4-3-5-11(10)22-13/h6H,3-5,7H2,1-2H3.